The maximum absolute atomic E-state index is 4.01. The van der Waals surface area contributed by atoms with Gasteiger partial charge in [0.25, 0.3) is 0 Å². The molecule has 0 bridgehead atoms. The SMILES string of the molecule is Cc1ccc2c(c1)[C@H](N[C@@H]1CCN3CCC[C@H]3C1)CCS2. The van der Waals surface area contributed by atoms with Crippen molar-refractivity contribution in [1.29, 1.82) is 0 Å². The summed E-state index contributed by atoms with van der Waals surface area (Å²) < 4.78 is 0. The minimum Gasteiger partial charge on any atom is -0.307 e. The number of piperidine rings is 1. The lowest BCUT2D eigenvalue weighted by Crippen LogP contribution is -2.46. The van der Waals surface area contributed by atoms with Crippen LogP contribution in [-0.4, -0.2) is 35.8 Å². The monoisotopic (exact) mass is 302 g/mol. The van der Waals surface area contributed by atoms with Crippen molar-refractivity contribution in [2.45, 2.75) is 62.0 Å². The van der Waals surface area contributed by atoms with Crippen LogP contribution in [0, 0.1) is 6.92 Å². The topological polar surface area (TPSA) is 15.3 Å². The van der Waals surface area contributed by atoms with Crippen molar-refractivity contribution in [2.75, 3.05) is 18.8 Å². The molecule has 0 aromatic heterocycles. The Hall–Kier alpha value is -0.510. The van der Waals surface area contributed by atoms with Crippen LogP contribution in [0.25, 0.3) is 0 Å². The van der Waals surface area contributed by atoms with Gasteiger partial charge in [0, 0.05) is 23.0 Å². The van der Waals surface area contributed by atoms with Crippen LogP contribution in [0.15, 0.2) is 23.1 Å². The fourth-order valence-corrected chi connectivity index (χ4v) is 5.45. The molecule has 2 nitrogen and oxygen atoms in total. The van der Waals surface area contributed by atoms with Gasteiger partial charge in [-0.3, -0.25) is 0 Å². The molecule has 1 N–H and O–H groups in total. The zero-order chi connectivity index (χ0) is 14.2. The molecule has 2 fully saturated rings. The van der Waals surface area contributed by atoms with Crippen LogP contribution >= 0.6 is 11.8 Å². The molecule has 114 valence electrons. The Kier molecular flexibility index (Phi) is 3.99. The Balaban J connectivity index is 1.47. The third kappa shape index (κ3) is 2.88. The van der Waals surface area contributed by atoms with E-state index in [2.05, 4.69) is 35.3 Å². The second kappa shape index (κ2) is 5.94. The maximum Gasteiger partial charge on any atom is 0.0341 e. The fourth-order valence-electron chi connectivity index (χ4n) is 4.35. The van der Waals surface area contributed by atoms with Crippen LogP contribution in [0.3, 0.4) is 0 Å². The second-order valence-corrected chi connectivity index (χ2v) is 8.09. The number of thioether (sulfide) groups is 1. The largest absolute Gasteiger partial charge is 0.307 e. The van der Waals surface area contributed by atoms with E-state index in [1.165, 1.54) is 61.4 Å². The summed E-state index contributed by atoms with van der Waals surface area (Å²) in [6.07, 6.45) is 6.83. The molecule has 3 heterocycles. The van der Waals surface area contributed by atoms with Gasteiger partial charge in [-0.1, -0.05) is 17.7 Å². The molecule has 2 saturated heterocycles. The van der Waals surface area contributed by atoms with Crippen LogP contribution in [0.5, 0.6) is 0 Å². The van der Waals surface area contributed by atoms with Crippen LogP contribution in [0.2, 0.25) is 0 Å². The van der Waals surface area contributed by atoms with Crippen molar-refractivity contribution in [1.82, 2.24) is 10.2 Å². The van der Waals surface area contributed by atoms with Crippen LogP contribution in [0.1, 0.15) is 49.3 Å². The molecule has 21 heavy (non-hydrogen) atoms. The lowest BCUT2D eigenvalue weighted by molar-refractivity contribution is 0.160. The first-order chi connectivity index (χ1) is 10.3. The van der Waals surface area contributed by atoms with E-state index >= 15 is 0 Å². The first kappa shape index (κ1) is 14.1. The number of fused-ring (bicyclic) bond motifs is 2. The quantitative estimate of drug-likeness (QED) is 0.896. The van der Waals surface area contributed by atoms with Crippen molar-refractivity contribution in [2.24, 2.45) is 0 Å². The molecule has 1 aromatic rings. The van der Waals surface area contributed by atoms with E-state index < -0.39 is 0 Å². The maximum atomic E-state index is 4.01. The summed E-state index contributed by atoms with van der Waals surface area (Å²) in [6, 6.07) is 9.16. The van der Waals surface area contributed by atoms with Crippen LogP contribution < -0.4 is 5.32 Å². The van der Waals surface area contributed by atoms with Gasteiger partial charge in [-0.25, -0.2) is 0 Å². The highest BCUT2D eigenvalue weighted by Gasteiger charge is 2.33. The molecule has 0 saturated carbocycles. The number of nitrogens with one attached hydrogen (secondary N) is 1. The number of hydrogen-bond donors (Lipinski definition) is 1. The zero-order valence-electron chi connectivity index (χ0n) is 13.0. The third-order valence-corrected chi connectivity index (χ3v) is 6.58. The summed E-state index contributed by atoms with van der Waals surface area (Å²) in [4.78, 5) is 4.22. The van der Waals surface area contributed by atoms with E-state index in [9.17, 15) is 0 Å². The van der Waals surface area contributed by atoms with Crippen LogP contribution in [-0.2, 0) is 0 Å². The first-order valence-electron chi connectivity index (χ1n) is 8.53. The number of benzene rings is 1. The smallest absolute Gasteiger partial charge is 0.0341 e. The number of rotatable bonds is 2. The summed E-state index contributed by atoms with van der Waals surface area (Å²) in [6.45, 7) is 4.87. The molecule has 0 aliphatic carbocycles. The van der Waals surface area contributed by atoms with E-state index in [0.717, 1.165) is 12.1 Å². The molecule has 1 aromatic carbocycles. The lowest BCUT2D eigenvalue weighted by atomic mass is 9.94. The molecular weight excluding hydrogens is 276 g/mol. The molecule has 0 unspecified atom stereocenters. The van der Waals surface area contributed by atoms with Gasteiger partial charge in [-0.15, -0.1) is 11.8 Å². The normalized spacial score (nSPS) is 32.7. The minimum atomic E-state index is 0.583. The second-order valence-electron chi connectivity index (χ2n) is 6.95. The summed E-state index contributed by atoms with van der Waals surface area (Å²) in [7, 11) is 0. The van der Waals surface area contributed by atoms with Gasteiger partial charge in [0.2, 0.25) is 0 Å². The van der Waals surface area contributed by atoms with E-state index in [-0.39, 0.29) is 0 Å². The summed E-state index contributed by atoms with van der Waals surface area (Å²) in [5, 5.41) is 4.01. The molecule has 3 aliphatic heterocycles. The number of aryl methyl sites for hydroxylation is 1. The van der Waals surface area contributed by atoms with Crippen molar-refractivity contribution >= 4 is 11.8 Å². The highest BCUT2D eigenvalue weighted by Crippen LogP contribution is 2.38. The molecule has 0 radical (unpaired) electrons. The van der Waals surface area contributed by atoms with Gasteiger partial charge >= 0.3 is 0 Å². The predicted octanol–water partition coefficient (Wildman–Crippen LogP) is 3.75. The molecule has 4 rings (SSSR count). The Bertz CT molecular complexity index is 516. The summed E-state index contributed by atoms with van der Waals surface area (Å²) in [5.41, 5.74) is 2.95. The van der Waals surface area contributed by atoms with Crippen molar-refractivity contribution < 1.29 is 0 Å². The third-order valence-electron chi connectivity index (χ3n) is 5.46. The van der Waals surface area contributed by atoms with E-state index in [0.29, 0.717) is 6.04 Å². The Morgan fingerprint density at radius 2 is 2.14 bits per heavy atom. The molecule has 3 atom stereocenters. The number of hydrogen-bond acceptors (Lipinski definition) is 3. The molecule has 0 spiro atoms. The highest BCUT2D eigenvalue weighted by atomic mass is 32.2. The highest BCUT2D eigenvalue weighted by molar-refractivity contribution is 7.99. The standard InChI is InChI=1S/C18H26N2S/c1-13-4-5-18-16(11-13)17(7-10-21-18)19-14-6-9-20-8-2-3-15(20)12-14/h4-5,11,14-15,17,19H,2-3,6-10,12H2,1H3/t14-,15+,17-/m1/s1. The van der Waals surface area contributed by atoms with Gasteiger partial charge in [-0.2, -0.15) is 0 Å². The van der Waals surface area contributed by atoms with Gasteiger partial charge < -0.3 is 10.2 Å². The first-order valence-corrected chi connectivity index (χ1v) is 9.51. The van der Waals surface area contributed by atoms with Crippen molar-refractivity contribution in [3.63, 3.8) is 0 Å². The minimum absolute atomic E-state index is 0.583. The molecule has 3 aliphatic rings. The lowest BCUT2D eigenvalue weighted by Gasteiger charge is -2.38. The van der Waals surface area contributed by atoms with Gasteiger partial charge in [0.1, 0.15) is 0 Å². The van der Waals surface area contributed by atoms with Crippen molar-refractivity contribution in [3.05, 3.63) is 29.3 Å². The van der Waals surface area contributed by atoms with E-state index in [1.54, 1.807) is 5.56 Å². The molecule has 0 amide bonds. The summed E-state index contributed by atoms with van der Waals surface area (Å²) in [5.74, 6) is 1.26. The fraction of sp³-hybridized carbons (Fsp3) is 0.667. The molecule has 3 heteroatoms. The Morgan fingerprint density at radius 3 is 3.10 bits per heavy atom. The Labute approximate surface area is 132 Å². The zero-order valence-corrected chi connectivity index (χ0v) is 13.8. The predicted molar refractivity (Wildman–Crippen MR) is 90.0 cm³/mol. The average Bonchev–Trinajstić information content (AvgIpc) is 2.95. The van der Waals surface area contributed by atoms with Gasteiger partial charge in [-0.05, 0) is 69.5 Å². The van der Waals surface area contributed by atoms with Gasteiger partial charge in [0.15, 0.2) is 0 Å². The van der Waals surface area contributed by atoms with Crippen molar-refractivity contribution in [3.8, 4) is 0 Å². The average molecular weight is 302 g/mol. The van der Waals surface area contributed by atoms with E-state index in [4.69, 9.17) is 0 Å². The van der Waals surface area contributed by atoms with Crippen LogP contribution in [0.4, 0.5) is 0 Å². The Morgan fingerprint density at radius 1 is 1.19 bits per heavy atom. The summed E-state index contributed by atoms with van der Waals surface area (Å²) >= 11 is 2.03. The number of nitrogens with zero attached hydrogens (tertiary/aromatic N) is 1. The van der Waals surface area contributed by atoms with E-state index in [1.807, 2.05) is 11.8 Å². The van der Waals surface area contributed by atoms with Gasteiger partial charge in [0.05, 0.1) is 0 Å². The molecular formula is C18H26N2S.